The summed E-state index contributed by atoms with van der Waals surface area (Å²) in [6, 6.07) is -0.510. The van der Waals surface area contributed by atoms with Crippen LogP contribution >= 0.6 is 0 Å². The molecule has 0 saturated heterocycles. The van der Waals surface area contributed by atoms with Crippen molar-refractivity contribution < 1.29 is 9.21 Å². The molecule has 1 heterocycles. The lowest BCUT2D eigenvalue weighted by Crippen LogP contribution is -2.39. The molecule has 1 amide bonds. The van der Waals surface area contributed by atoms with Gasteiger partial charge < -0.3 is 15.1 Å². The van der Waals surface area contributed by atoms with Crippen molar-refractivity contribution in [2.75, 3.05) is 7.05 Å². The van der Waals surface area contributed by atoms with Crippen molar-refractivity contribution in [1.29, 1.82) is 0 Å². The van der Waals surface area contributed by atoms with Gasteiger partial charge in [0.1, 0.15) is 0 Å². The van der Waals surface area contributed by atoms with Gasteiger partial charge in [0.05, 0.1) is 12.6 Å². The monoisotopic (exact) mass is 198 g/mol. The topological polar surface area (TPSA) is 85.2 Å². The second-order valence-electron chi connectivity index (χ2n) is 3.20. The molecule has 78 valence electrons. The summed E-state index contributed by atoms with van der Waals surface area (Å²) in [7, 11) is 1.64. The molecule has 1 atom stereocenters. The van der Waals surface area contributed by atoms with Crippen molar-refractivity contribution in [3.8, 4) is 0 Å². The fourth-order valence-corrected chi connectivity index (χ4v) is 1.03. The number of rotatable bonds is 3. The van der Waals surface area contributed by atoms with Gasteiger partial charge in [-0.3, -0.25) is 4.79 Å². The van der Waals surface area contributed by atoms with Crippen LogP contribution in [-0.4, -0.2) is 34.1 Å². The van der Waals surface area contributed by atoms with Crippen molar-refractivity contribution in [1.82, 2.24) is 15.1 Å². The molecule has 0 saturated carbocycles. The molecule has 1 aromatic heterocycles. The Morgan fingerprint density at radius 3 is 2.71 bits per heavy atom. The van der Waals surface area contributed by atoms with Gasteiger partial charge in [-0.1, -0.05) is 0 Å². The molecule has 0 bridgehead atoms. The molecule has 1 rings (SSSR count). The first-order valence-electron chi connectivity index (χ1n) is 4.30. The number of carbonyl (C=O) groups excluding carboxylic acids is 1. The van der Waals surface area contributed by atoms with Gasteiger partial charge in [-0.2, -0.15) is 0 Å². The molecule has 0 spiro atoms. The van der Waals surface area contributed by atoms with Crippen LogP contribution in [0.2, 0.25) is 0 Å². The summed E-state index contributed by atoms with van der Waals surface area (Å²) in [5.41, 5.74) is 5.44. The van der Waals surface area contributed by atoms with E-state index in [2.05, 4.69) is 10.2 Å². The number of aromatic nitrogens is 2. The Morgan fingerprint density at radius 2 is 2.29 bits per heavy atom. The van der Waals surface area contributed by atoms with Gasteiger partial charge in [0, 0.05) is 14.0 Å². The minimum atomic E-state index is -0.510. The molecule has 0 aromatic carbocycles. The summed E-state index contributed by atoms with van der Waals surface area (Å²) in [6.45, 7) is 3.63. The molecule has 0 aliphatic heterocycles. The van der Waals surface area contributed by atoms with Crippen LogP contribution < -0.4 is 5.73 Å². The Hall–Kier alpha value is -1.43. The summed E-state index contributed by atoms with van der Waals surface area (Å²) in [5.74, 6) is 0.751. The SMILES string of the molecule is Cc1nnc(CN(C)C(=O)[C@H](C)N)o1. The zero-order valence-corrected chi connectivity index (χ0v) is 8.52. The number of amides is 1. The number of likely N-dealkylation sites (N-methyl/N-ethyl adjacent to an activating group) is 1. The van der Waals surface area contributed by atoms with E-state index in [-0.39, 0.29) is 5.91 Å². The zero-order valence-electron chi connectivity index (χ0n) is 8.52. The maximum Gasteiger partial charge on any atom is 0.239 e. The Labute approximate surface area is 82.1 Å². The fourth-order valence-electron chi connectivity index (χ4n) is 1.03. The molecule has 1 aromatic rings. The molecule has 2 N–H and O–H groups in total. The molecule has 14 heavy (non-hydrogen) atoms. The maximum atomic E-state index is 11.4. The number of hydrogen-bond acceptors (Lipinski definition) is 5. The van der Waals surface area contributed by atoms with Gasteiger partial charge >= 0.3 is 0 Å². The Kier molecular flexibility index (Phi) is 3.19. The molecular weight excluding hydrogens is 184 g/mol. The van der Waals surface area contributed by atoms with Gasteiger partial charge in [0.2, 0.25) is 17.7 Å². The van der Waals surface area contributed by atoms with Crippen LogP contribution in [0.5, 0.6) is 0 Å². The molecule has 6 heteroatoms. The number of hydrogen-bond donors (Lipinski definition) is 1. The first kappa shape index (κ1) is 10.6. The average Bonchev–Trinajstić information content (AvgIpc) is 2.49. The number of nitrogens with zero attached hydrogens (tertiary/aromatic N) is 3. The third kappa shape index (κ3) is 2.53. The molecule has 6 nitrogen and oxygen atoms in total. The second-order valence-corrected chi connectivity index (χ2v) is 3.20. The van der Waals surface area contributed by atoms with E-state index in [1.165, 1.54) is 4.90 Å². The average molecular weight is 198 g/mol. The minimum Gasteiger partial charge on any atom is -0.424 e. The third-order valence-corrected chi connectivity index (χ3v) is 1.71. The molecule has 0 aliphatic carbocycles. The number of carbonyl (C=O) groups is 1. The first-order chi connectivity index (χ1) is 6.50. The van der Waals surface area contributed by atoms with E-state index in [4.69, 9.17) is 10.2 Å². The highest BCUT2D eigenvalue weighted by Crippen LogP contribution is 2.02. The summed E-state index contributed by atoms with van der Waals surface area (Å²) in [6.07, 6.45) is 0. The molecule has 0 aliphatic rings. The standard InChI is InChI=1S/C8H14N4O2/c1-5(9)8(13)12(3)4-7-11-10-6(2)14-7/h5H,4,9H2,1-3H3/t5-/m0/s1. The van der Waals surface area contributed by atoms with E-state index < -0.39 is 6.04 Å². The van der Waals surface area contributed by atoms with E-state index in [0.29, 0.717) is 18.3 Å². The highest BCUT2D eigenvalue weighted by molar-refractivity contribution is 5.80. The lowest BCUT2D eigenvalue weighted by molar-refractivity contribution is -0.131. The summed E-state index contributed by atoms with van der Waals surface area (Å²) >= 11 is 0. The predicted octanol–water partition coefficient (Wildman–Crippen LogP) is -0.316. The summed E-state index contributed by atoms with van der Waals surface area (Å²) < 4.78 is 5.13. The van der Waals surface area contributed by atoms with Crippen LogP contribution in [0.3, 0.4) is 0 Å². The summed E-state index contributed by atoms with van der Waals surface area (Å²) in [4.78, 5) is 12.8. The largest absolute Gasteiger partial charge is 0.424 e. The van der Waals surface area contributed by atoms with Crippen molar-refractivity contribution in [3.05, 3.63) is 11.8 Å². The van der Waals surface area contributed by atoms with Crippen molar-refractivity contribution in [2.45, 2.75) is 26.4 Å². The third-order valence-electron chi connectivity index (χ3n) is 1.71. The van der Waals surface area contributed by atoms with Crippen molar-refractivity contribution in [2.24, 2.45) is 5.73 Å². The quantitative estimate of drug-likeness (QED) is 0.719. The summed E-state index contributed by atoms with van der Waals surface area (Å²) in [5, 5.41) is 7.43. The normalized spacial score (nSPS) is 12.6. The van der Waals surface area contributed by atoms with Gasteiger partial charge in [-0.05, 0) is 6.92 Å². The molecule has 0 fully saturated rings. The first-order valence-corrected chi connectivity index (χ1v) is 4.30. The lowest BCUT2D eigenvalue weighted by atomic mass is 10.3. The van der Waals surface area contributed by atoms with Gasteiger partial charge in [0.15, 0.2) is 0 Å². The van der Waals surface area contributed by atoms with Crippen LogP contribution in [0, 0.1) is 6.92 Å². The lowest BCUT2D eigenvalue weighted by Gasteiger charge is -2.16. The second kappa shape index (κ2) is 4.19. The van der Waals surface area contributed by atoms with E-state index in [1.807, 2.05) is 0 Å². The van der Waals surface area contributed by atoms with Gasteiger partial charge in [-0.15, -0.1) is 10.2 Å². The molecular formula is C8H14N4O2. The van der Waals surface area contributed by atoms with E-state index in [1.54, 1.807) is 20.9 Å². The van der Waals surface area contributed by atoms with Crippen molar-refractivity contribution >= 4 is 5.91 Å². The maximum absolute atomic E-state index is 11.4. The van der Waals surface area contributed by atoms with Gasteiger partial charge in [-0.25, -0.2) is 0 Å². The van der Waals surface area contributed by atoms with Crippen LogP contribution in [0.15, 0.2) is 4.42 Å². The number of nitrogens with two attached hydrogens (primary N) is 1. The van der Waals surface area contributed by atoms with Crippen LogP contribution in [0.25, 0.3) is 0 Å². The number of aryl methyl sites for hydroxylation is 1. The fraction of sp³-hybridized carbons (Fsp3) is 0.625. The smallest absolute Gasteiger partial charge is 0.239 e. The molecule has 0 unspecified atom stereocenters. The van der Waals surface area contributed by atoms with Crippen LogP contribution in [-0.2, 0) is 11.3 Å². The predicted molar refractivity (Wildman–Crippen MR) is 49.2 cm³/mol. The Morgan fingerprint density at radius 1 is 1.64 bits per heavy atom. The zero-order chi connectivity index (χ0) is 10.7. The van der Waals surface area contributed by atoms with E-state index >= 15 is 0 Å². The minimum absolute atomic E-state index is 0.152. The van der Waals surface area contributed by atoms with Gasteiger partial charge in [0.25, 0.3) is 0 Å². The van der Waals surface area contributed by atoms with Crippen LogP contribution in [0.4, 0.5) is 0 Å². The Bertz CT molecular complexity index is 321. The van der Waals surface area contributed by atoms with Crippen molar-refractivity contribution in [3.63, 3.8) is 0 Å². The van der Waals surface area contributed by atoms with Crippen LogP contribution in [0.1, 0.15) is 18.7 Å². The Balaban J connectivity index is 2.57. The van der Waals surface area contributed by atoms with E-state index in [9.17, 15) is 4.79 Å². The van der Waals surface area contributed by atoms with E-state index in [0.717, 1.165) is 0 Å². The highest BCUT2D eigenvalue weighted by Gasteiger charge is 2.15. The molecule has 0 radical (unpaired) electrons. The highest BCUT2D eigenvalue weighted by atomic mass is 16.4.